The van der Waals surface area contributed by atoms with Gasteiger partial charge in [0.25, 0.3) is 0 Å². The molecular weight excluding hydrogens is 346 g/mol. The minimum absolute atomic E-state index is 0.108. The van der Waals surface area contributed by atoms with Gasteiger partial charge in [0.15, 0.2) is 10.9 Å². The fraction of sp³-hybridized carbons (Fsp3) is 0.0714. The summed E-state index contributed by atoms with van der Waals surface area (Å²) >= 11 is 8.18. The maximum atomic E-state index is 13.6. The summed E-state index contributed by atoms with van der Waals surface area (Å²) in [6.07, 6.45) is 0. The quantitative estimate of drug-likeness (QED) is 0.805. The molecule has 0 radical (unpaired) electrons. The van der Waals surface area contributed by atoms with Gasteiger partial charge in [0.1, 0.15) is 5.82 Å². The van der Waals surface area contributed by atoms with Crippen LogP contribution in [-0.2, 0) is 6.54 Å². The number of rotatable bonds is 3. The third-order valence-electron chi connectivity index (χ3n) is 2.54. The van der Waals surface area contributed by atoms with E-state index in [0.717, 1.165) is 11.6 Å². The van der Waals surface area contributed by atoms with Crippen LogP contribution < -0.4 is 10.6 Å². The fourth-order valence-electron chi connectivity index (χ4n) is 1.60. The van der Waals surface area contributed by atoms with E-state index in [-0.39, 0.29) is 15.3 Å². The molecule has 6 heteroatoms. The van der Waals surface area contributed by atoms with Crippen LogP contribution in [0.25, 0.3) is 0 Å². The topological polar surface area (TPSA) is 24.1 Å². The zero-order valence-corrected chi connectivity index (χ0v) is 12.7. The summed E-state index contributed by atoms with van der Waals surface area (Å²) in [5.74, 6) is -1.36. The van der Waals surface area contributed by atoms with Crippen molar-refractivity contribution in [2.45, 2.75) is 6.54 Å². The molecule has 0 aliphatic rings. The number of halogens is 3. The first kappa shape index (κ1) is 14.9. The molecule has 0 amide bonds. The van der Waals surface area contributed by atoms with Crippen LogP contribution in [0.5, 0.6) is 0 Å². The predicted octanol–water partition coefficient (Wildman–Crippen LogP) is 4.21. The molecule has 104 valence electrons. The summed E-state index contributed by atoms with van der Waals surface area (Å²) in [5.41, 5.74) is 1.16. The molecule has 0 atom stereocenters. The third-order valence-corrected chi connectivity index (χ3v) is 3.41. The van der Waals surface area contributed by atoms with Gasteiger partial charge in [-0.3, -0.25) is 0 Å². The summed E-state index contributed by atoms with van der Waals surface area (Å²) in [6, 6.07) is 11.6. The van der Waals surface area contributed by atoms with Crippen LogP contribution in [0.4, 0.5) is 14.5 Å². The van der Waals surface area contributed by atoms with E-state index < -0.39 is 11.6 Å². The molecule has 2 aromatic carbocycles. The van der Waals surface area contributed by atoms with Crippen LogP contribution in [0.1, 0.15) is 5.56 Å². The largest absolute Gasteiger partial charge is 0.358 e. The number of benzene rings is 2. The van der Waals surface area contributed by atoms with Crippen molar-refractivity contribution in [3.05, 3.63) is 64.1 Å². The molecule has 0 aromatic heterocycles. The van der Waals surface area contributed by atoms with Crippen molar-refractivity contribution in [1.82, 2.24) is 5.32 Å². The van der Waals surface area contributed by atoms with Gasteiger partial charge in [-0.25, -0.2) is 8.78 Å². The first-order valence-electron chi connectivity index (χ1n) is 5.79. The van der Waals surface area contributed by atoms with Crippen molar-refractivity contribution in [3.63, 3.8) is 0 Å². The third kappa shape index (κ3) is 3.98. The van der Waals surface area contributed by atoms with E-state index in [4.69, 9.17) is 12.2 Å². The second-order valence-electron chi connectivity index (χ2n) is 4.04. The SMILES string of the molecule is Fc1cc(F)c(NC(=S)NCc2ccccc2)c(Br)c1. The monoisotopic (exact) mass is 356 g/mol. The molecule has 0 spiro atoms. The van der Waals surface area contributed by atoms with Gasteiger partial charge in [-0.15, -0.1) is 0 Å². The highest BCUT2D eigenvalue weighted by atomic mass is 79.9. The minimum atomic E-state index is -0.708. The Morgan fingerprint density at radius 1 is 1.15 bits per heavy atom. The number of hydrogen-bond donors (Lipinski definition) is 2. The zero-order chi connectivity index (χ0) is 14.5. The van der Waals surface area contributed by atoms with Crippen molar-refractivity contribution in [2.24, 2.45) is 0 Å². The van der Waals surface area contributed by atoms with E-state index in [1.807, 2.05) is 30.3 Å². The van der Waals surface area contributed by atoms with Gasteiger partial charge < -0.3 is 10.6 Å². The van der Waals surface area contributed by atoms with Crippen LogP contribution in [0.15, 0.2) is 46.9 Å². The van der Waals surface area contributed by atoms with E-state index in [1.165, 1.54) is 6.07 Å². The van der Waals surface area contributed by atoms with Gasteiger partial charge in [0.2, 0.25) is 0 Å². The molecule has 0 heterocycles. The fourth-order valence-corrected chi connectivity index (χ4v) is 2.28. The standard InChI is InChI=1S/C14H11BrF2N2S/c15-11-6-10(16)7-12(17)13(11)19-14(20)18-8-9-4-2-1-3-5-9/h1-7H,8H2,(H2,18,19,20). The summed E-state index contributed by atoms with van der Waals surface area (Å²) in [4.78, 5) is 0. The van der Waals surface area contributed by atoms with Gasteiger partial charge in [-0.1, -0.05) is 30.3 Å². The lowest BCUT2D eigenvalue weighted by atomic mass is 10.2. The maximum absolute atomic E-state index is 13.6. The molecule has 0 bridgehead atoms. The first-order valence-corrected chi connectivity index (χ1v) is 6.99. The molecule has 0 fully saturated rings. The second-order valence-corrected chi connectivity index (χ2v) is 5.30. The number of nitrogens with one attached hydrogen (secondary N) is 2. The van der Waals surface area contributed by atoms with Crippen molar-refractivity contribution < 1.29 is 8.78 Å². The molecule has 0 aliphatic carbocycles. The summed E-state index contributed by atoms with van der Waals surface area (Å²) in [5, 5.41) is 5.93. The van der Waals surface area contributed by atoms with E-state index >= 15 is 0 Å². The molecule has 2 nitrogen and oxygen atoms in total. The lowest BCUT2D eigenvalue weighted by Crippen LogP contribution is -2.28. The molecule has 0 saturated carbocycles. The van der Waals surface area contributed by atoms with Gasteiger partial charge in [-0.05, 0) is 39.8 Å². The molecule has 0 aliphatic heterocycles. The Labute approximate surface area is 129 Å². The van der Waals surface area contributed by atoms with E-state index in [2.05, 4.69) is 26.6 Å². The van der Waals surface area contributed by atoms with Crippen LogP contribution in [-0.4, -0.2) is 5.11 Å². The highest BCUT2D eigenvalue weighted by molar-refractivity contribution is 9.10. The molecular formula is C14H11BrF2N2S. The normalized spacial score (nSPS) is 10.2. The van der Waals surface area contributed by atoms with Gasteiger partial charge in [-0.2, -0.15) is 0 Å². The Morgan fingerprint density at radius 3 is 2.50 bits per heavy atom. The van der Waals surface area contributed by atoms with E-state index in [9.17, 15) is 8.78 Å². The lowest BCUT2D eigenvalue weighted by Gasteiger charge is -2.12. The lowest BCUT2D eigenvalue weighted by molar-refractivity contribution is 0.585. The summed E-state index contributed by atoms with van der Waals surface area (Å²) in [6.45, 7) is 0.521. The highest BCUT2D eigenvalue weighted by Gasteiger charge is 2.10. The van der Waals surface area contributed by atoms with Crippen LogP contribution in [0.2, 0.25) is 0 Å². The van der Waals surface area contributed by atoms with Crippen LogP contribution in [0.3, 0.4) is 0 Å². The Hall–Kier alpha value is -1.53. The average Bonchev–Trinajstić information content (AvgIpc) is 2.42. The molecule has 20 heavy (non-hydrogen) atoms. The molecule has 2 rings (SSSR count). The minimum Gasteiger partial charge on any atom is -0.358 e. The zero-order valence-electron chi connectivity index (χ0n) is 10.3. The first-order chi connectivity index (χ1) is 9.56. The Bertz CT molecular complexity index is 597. The highest BCUT2D eigenvalue weighted by Crippen LogP contribution is 2.26. The number of anilines is 1. The number of thiocarbonyl (C=S) groups is 1. The molecule has 2 aromatic rings. The second kappa shape index (κ2) is 6.76. The van der Waals surface area contributed by atoms with Crippen LogP contribution in [0, 0.1) is 11.6 Å². The van der Waals surface area contributed by atoms with Crippen molar-refractivity contribution >= 4 is 38.9 Å². The Kier molecular flexibility index (Phi) is 5.03. The van der Waals surface area contributed by atoms with Crippen molar-refractivity contribution in [3.8, 4) is 0 Å². The summed E-state index contributed by atoms with van der Waals surface area (Å²) < 4.78 is 26.9. The van der Waals surface area contributed by atoms with Crippen molar-refractivity contribution in [1.29, 1.82) is 0 Å². The van der Waals surface area contributed by atoms with E-state index in [1.54, 1.807) is 0 Å². The van der Waals surface area contributed by atoms with Gasteiger partial charge >= 0.3 is 0 Å². The molecule has 0 unspecified atom stereocenters. The van der Waals surface area contributed by atoms with Gasteiger partial charge in [0, 0.05) is 17.1 Å². The van der Waals surface area contributed by atoms with Crippen molar-refractivity contribution in [2.75, 3.05) is 5.32 Å². The Balaban J connectivity index is 1.98. The smallest absolute Gasteiger partial charge is 0.171 e. The molecule has 2 N–H and O–H groups in total. The predicted molar refractivity (Wildman–Crippen MR) is 83.6 cm³/mol. The van der Waals surface area contributed by atoms with E-state index in [0.29, 0.717) is 6.54 Å². The summed E-state index contributed by atoms with van der Waals surface area (Å²) in [7, 11) is 0. The Morgan fingerprint density at radius 2 is 1.85 bits per heavy atom. The average molecular weight is 357 g/mol. The van der Waals surface area contributed by atoms with Crippen LogP contribution >= 0.6 is 28.1 Å². The number of hydrogen-bond acceptors (Lipinski definition) is 1. The van der Waals surface area contributed by atoms with Gasteiger partial charge in [0.05, 0.1) is 5.69 Å². The molecule has 0 saturated heterocycles. The maximum Gasteiger partial charge on any atom is 0.171 e.